The maximum atomic E-state index is 11.5. The number of rotatable bonds is 6. The Labute approximate surface area is 95.9 Å². The molecule has 0 spiro atoms. The van der Waals surface area contributed by atoms with E-state index in [0.717, 1.165) is 19.3 Å². The predicted octanol–water partition coefficient (Wildman–Crippen LogP) is 2.79. The van der Waals surface area contributed by atoms with E-state index in [-0.39, 0.29) is 17.4 Å². The van der Waals surface area contributed by atoms with Gasteiger partial charge in [0.2, 0.25) is 0 Å². The molecule has 0 N–H and O–H groups in total. The highest BCUT2D eigenvalue weighted by molar-refractivity contribution is 7.91. The van der Waals surface area contributed by atoms with Crippen molar-refractivity contribution in [3.63, 3.8) is 0 Å². The summed E-state index contributed by atoms with van der Waals surface area (Å²) in [7, 11) is -2.93. The Kier molecular flexibility index (Phi) is 4.12. The summed E-state index contributed by atoms with van der Waals surface area (Å²) in [4.78, 5) is 0. The molecule has 0 amide bonds. The Balaban J connectivity index is 2.29. The van der Waals surface area contributed by atoms with E-state index < -0.39 is 14.2 Å². The van der Waals surface area contributed by atoms with Gasteiger partial charge in [-0.1, -0.05) is 19.8 Å². The first kappa shape index (κ1) is 12.6. The standard InChI is InChI=1S/C9H16Cl2O2S/c1-2-3-4-5-14(12,13)7-8-6-9(8,10)11/h8H,2-7H2,1H3/t8-/m1/s1. The van der Waals surface area contributed by atoms with Crippen molar-refractivity contribution in [2.45, 2.75) is 36.9 Å². The number of sulfone groups is 1. The average molecular weight is 259 g/mol. The van der Waals surface area contributed by atoms with Crippen LogP contribution in [-0.4, -0.2) is 24.3 Å². The number of unbranched alkanes of at least 4 members (excludes halogenated alkanes) is 2. The summed E-state index contributed by atoms with van der Waals surface area (Å²) in [6.07, 6.45) is 3.37. The number of alkyl halides is 2. The zero-order valence-corrected chi connectivity index (χ0v) is 10.6. The zero-order valence-electron chi connectivity index (χ0n) is 8.30. The maximum absolute atomic E-state index is 11.5. The van der Waals surface area contributed by atoms with Crippen LogP contribution in [0.4, 0.5) is 0 Å². The van der Waals surface area contributed by atoms with Crippen LogP contribution in [0, 0.1) is 5.92 Å². The molecule has 0 saturated heterocycles. The molecule has 84 valence electrons. The highest BCUT2D eigenvalue weighted by Gasteiger charge is 2.53. The molecule has 2 nitrogen and oxygen atoms in total. The lowest BCUT2D eigenvalue weighted by Crippen LogP contribution is -2.14. The Bertz CT molecular complexity index is 285. The van der Waals surface area contributed by atoms with Gasteiger partial charge >= 0.3 is 0 Å². The molecule has 14 heavy (non-hydrogen) atoms. The first-order valence-corrected chi connectivity index (χ1v) is 7.53. The quantitative estimate of drug-likeness (QED) is 0.543. The van der Waals surface area contributed by atoms with Crippen LogP contribution in [0.25, 0.3) is 0 Å². The smallest absolute Gasteiger partial charge is 0.150 e. The third-order valence-electron chi connectivity index (χ3n) is 2.47. The van der Waals surface area contributed by atoms with E-state index in [1.54, 1.807) is 0 Å². The molecule has 0 unspecified atom stereocenters. The van der Waals surface area contributed by atoms with Gasteiger partial charge in [-0.15, -0.1) is 23.2 Å². The van der Waals surface area contributed by atoms with Crippen LogP contribution in [0.15, 0.2) is 0 Å². The van der Waals surface area contributed by atoms with E-state index in [1.165, 1.54) is 0 Å². The first-order valence-electron chi connectivity index (χ1n) is 4.95. The molecule has 1 fully saturated rings. The summed E-state index contributed by atoms with van der Waals surface area (Å²) in [5.41, 5.74) is 0. The van der Waals surface area contributed by atoms with Gasteiger partial charge in [0.25, 0.3) is 0 Å². The number of hydrogen-bond donors (Lipinski definition) is 0. The lowest BCUT2D eigenvalue weighted by molar-refractivity contribution is 0.587. The molecular weight excluding hydrogens is 243 g/mol. The Morgan fingerprint density at radius 3 is 2.36 bits per heavy atom. The average Bonchev–Trinajstić information content (AvgIpc) is 2.57. The Morgan fingerprint density at radius 2 is 1.93 bits per heavy atom. The second-order valence-corrected chi connectivity index (χ2v) is 7.75. The molecule has 1 saturated carbocycles. The minimum absolute atomic E-state index is 0.0440. The van der Waals surface area contributed by atoms with Gasteiger partial charge < -0.3 is 0 Å². The first-order chi connectivity index (χ1) is 6.37. The van der Waals surface area contributed by atoms with Gasteiger partial charge in [0.15, 0.2) is 9.84 Å². The minimum Gasteiger partial charge on any atom is -0.229 e. The van der Waals surface area contributed by atoms with Crippen molar-refractivity contribution in [2.75, 3.05) is 11.5 Å². The van der Waals surface area contributed by atoms with Crippen LogP contribution in [0.1, 0.15) is 32.6 Å². The van der Waals surface area contributed by atoms with E-state index in [0.29, 0.717) is 6.42 Å². The van der Waals surface area contributed by atoms with Crippen LogP contribution < -0.4 is 0 Å². The monoisotopic (exact) mass is 258 g/mol. The van der Waals surface area contributed by atoms with Crippen LogP contribution in [0.3, 0.4) is 0 Å². The molecule has 0 radical (unpaired) electrons. The molecular formula is C9H16Cl2O2S. The van der Waals surface area contributed by atoms with E-state index in [4.69, 9.17) is 23.2 Å². The van der Waals surface area contributed by atoms with Gasteiger partial charge in [0, 0.05) is 5.92 Å². The van der Waals surface area contributed by atoms with Gasteiger partial charge in [-0.25, -0.2) is 8.42 Å². The fourth-order valence-electron chi connectivity index (χ4n) is 1.41. The SMILES string of the molecule is CCCCCS(=O)(=O)C[C@H]1CC1(Cl)Cl. The molecule has 0 aromatic rings. The van der Waals surface area contributed by atoms with Crippen molar-refractivity contribution >= 4 is 33.0 Å². The second-order valence-electron chi connectivity index (χ2n) is 3.98. The van der Waals surface area contributed by atoms with Gasteiger partial charge in [-0.3, -0.25) is 0 Å². The number of halogens is 2. The maximum Gasteiger partial charge on any atom is 0.150 e. The molecule has 0 aromatic carbocycles. The van der Waals surface area contributed by atoms with Crippen LogP contribution in [0.5, 0.6) is 0 Å². The largest absolute Gasteiger partial charge is 0.229 e. The topological polar surface area (TPSA) is 34.1 Å². The van der Waals surface area contributed by atoms with Crippen molar-refractivity contribution in [1.29, 1.82) is 0 Å². The predicted molar refractivity (Wildman–Crippen MR) is 60.7 cm³/mol. The van der Waals surface area contributed by atoms with Crippen molar-refractivity contribution in [3.05, 3.63) is 0 Å². The summed E-state index contributed by atoms with van der Waals surface area (Å²) < 4.78 is 22.3. The Hall–Kier alpha value is 0.530. The lowest BCUT2D eigenvalue weighted by atomic mass is 10.3. The molecule has 0 bridgehead atoms. The minimum atomic E-state index is -2.93. The molecule has 1 rings (SSSR count). The Morgan fingerprint density at radius 1 is 1.36 bits per heavy atom. The van der Waals surface area contributed by atoms with Gasteiger partial charge in [-0.2, -0.15) is 0 Å². The summed E-state index contributed by atoms with van der Waals surface area (Å²) >= 11 is 11.6. The normalized spacial score (nSPS) is 24.9. The number of hydrogen-bond acceptors (Lipinski definition) is 2. The molecule has 0 aromatic heterocycles. The zero-order chi connectivity index (χ0) is 10.8. The van der Waals surface area contributed by atoms with Crippen LogP contribution in [-0.2, 0) is 9.84 Å². The lowest BCUT2D eigenvalue weighted by Gasteiger charge is -2.03. The fraction of sp³-hybridized carbons (Fsp3) is 1.00. The third kappa shape index (κ3) is 3.95. The summed E-state index contributed by atoms with van der Waals surface area (Å²) in [6.45, 7) is 2.05. The van der Waals surface area contributed by atoms with Gasteiger partial charge in [0.1, 0.15) is 4.33 Å². The van der Waals surface area contributed by atoms with E-state index in [2.05, 4.69) is 6.92 Å². The second kappa shape index (κ2) is 4.58. The van der Waals surface area contributed by atoms with E-state index in [1.807, 2.05) is 0 Å². The van der Waals surface area contributed by atoms with Crippen molar-refractivity contribution in [1.82, 2.24) is 0 Å². The van der Waals surface area contributed by atoms with Crippen molar-refractivity contribution in [3.8, 4) is 0 Å². The molecule has 1 atom stereocenters. The van der Waals surface area contributed by atoms with Crippen molar-refractivity contribution < 1.29 is 8.42 Å². The molecule has 0 heterocycles. The molecule has 5 heteroatoms. The fourth-order valence-corrected chi connectivity index (χ4v) is 3.95. The van der Waals surface area contributed by atoms with Crippen molar-refractivity contribution in [2.24, 2.45) is 5.92 Å². The van der Waals surface area contributed by atoms with E-state index >= 15 is 0 Å². The highest BCUT2D eigenvalue weighted by atomic mass is 35.5. The van der Waals surface area contributed by atoms with Gasteiger partial charge in [-0.05, 0) is 12.8 Å². The molecule has 1 aliphatic rings. The molecule has 1 aliphatic carbocycles. The third-order valence-corrected chi connectivity index (χ3v) is 5.22. The summed E-state index contributed by atoms with van der Waals surface area (Å²) in [6, 6.07) is 0. The summed E-state index contributed by atoms with van der Waals surface area (Å²) in [5, 5.41) is 0. The van der Waals surface area contributed by atoms with E-state index in [9.17, 15) is 8.42 Å². The van der Waals surface area contributed by atoms with Crippen LogP contribution >= 0.6 is 23.2 Å². The van der Waals surface area contributed by atoms with Crippen LogP contribution in [0.2, 0.25) is 0 Å². The summed E-state index contributed by atoms with van der Waals surface area (Å²) in [5.74, 6) is 0.391. The van der Waals surface area contributed by atoms with Gasteiger partial charge in [0.05, 0.1) is 11.5 Å². The molecule has 0 aliphatic heterocycles. The highest BCUT2D eigenvalue weighted by Crippen LogP contribution is 2.53.